The third-order valence-electron chi connectivity index (χ3n) is 3.23. The first-order valence-corrected chi connectivity index (χ1v) is 6.95. The zero-order valence-corrected chi connectivity index (χ0v) is 12.8. The summed E-state index contributed by atoms with van der Waals surface area (Å²) in [4.78, 5) is 4.55. The molecular weight excluding hydrogens is 332 g/mol. The van der Waals surface area contributed by atoms with Gasteiger partial charge in [-0.3, -0.25) is 4.40 Å². The highest BCUT2D eigenvalue weighted by molar-refractivity contribution is 9.10. The van der Waals surface area contributed by atoms with Crippen LogP contribution in [0.25, 0.3) is 16.9 Å². The lowest BCUT2D eigenvalue weighted by Gasteiger charge is -2.04. The van der Waals surface area contributed by atoms with Crippen LogP contribution in [-0.4, -0.2) is 16.5 Å². The van der Waals surface area contributed by atoms with Gasteiger partial charge in [-0.05, 0) is 46.3 Å². The van der Waals surface area contributed by atoms with E-state index in [4.69, 9.17) is 10.5 Å². The number of nitrogens with zero attached hydrogens (tertiary/aromatic N) is 3. The molecule has 0 radical (unpaired) electrons. The summed E-state index contributed by atoms with van der Waals surface area (Å²) in [6.45, 7) is 0. The van der Waals surface area contributed by atoms with Crippen LogP contribution in [0.2, 0.25) is 0 Å². The second kappa shape index (κ2) is 5.11. The topological polar surface area (TPSA) is 76.3 Å². The van der Waals surface area contributed by atoms with E-state index in [9.17, 15) is 5.26 Å². The van der Waals surface area contributed by atoms with Crippen molar-refractivity contribution in [3.63, 3.8) is 0 Å². The van der Waals surface area contributed by atoms with Crippen molar-refractivity contribution in [2.45, 2.75) is 0 Å². The highest BCUT2D eigenvalue weighted by Crippen LogP contribution is 2.31. The van der Waals surface area contributed by atoms with Gasteiger partial charge < -0.3 is 10.5 Å². The van der Waals surface area contributed by atoms with Crippen LogP contribution in [0.1, 0.15) is 5.56 Å². The number of rotatable bonds is 2. The summed E-state index contributed by atoms with van der Waals surface area (Å²) >= 11 is 3.46. The molecule has 0 saturated carbocycles. The zero-order chi connectivity index (χ0) is 15.0. The number of methoxy groups -OCH3 is 1. The zero-order valence-electron chi connectivity index (χ0n) is 11.2. The highest BCUT2D eigenvalue weighted by atomic mass is 79.9. The number of anilines is 1. The van der Waals surface area contributed by atoms with Crippen molar-refractivity contribution < 1.29 is 4.74 Å². The third kappa shape index (κ3) is 2.12. The molecule has 104 valence electrons. The van der Waals surface area contributed by atoms with E-state index in [0.29, 0.717) is 22.8 Å². The lowest BCUT2D eigenvalue weighted by molar-refractivity contribution is 0.413. The molecule has 0 amide bonds. The number of fused-ring (bicyclic) bond motifs is 1. The maximum atomic E-state index is 9.18. The normalized spacial score (nSPS) is 10.5. The van der Waals surface area contributed by atoms with Gasteiger partial charge in [0.2, 0.25) is 0 Å². The fourth-order valence-corrected chi connectivity index (χ4v) is 2.64. The Kier molecular flexibility index (Phi) is 3.28. The number of hydrogen-bond donors (Lipinski definition) is 1. The molecule has 0 saturated heterocycles. The molecule has 21 heavy (non-hydrogen) atoms. The SMILES string of the molecule is COc1ccc(-c2nc3c(Br)cccn3c2N)cc1C#N. The van der Waals surface area contributed by atoms with Crippen molar-refractivity contribution in [1.82, 2.24) is 9.38 Å². The van der Waals surface area contributed by atoms with E-state index >= 15 is 0 Å². The number of nitrogen functional groups attached to an aromatic ring is 1. The number of nitriles is 1. The molecule has 3 rings (SSSR count). The first kappa shape index (κ1) is 13.5. The second-order valence-electron chi connectivity index (χ2n) is 4.42. The van der Waals surface area contributed by atoms with Gasteiger partial charge in [0.25, 0.3) is 0 Å². The van der Waals surface area contributed by atoms with Crippen molar-refractivity contribution in [3.8, 4) is 23.1 Å². The summed E-state index contributed by atoms with van der Waals surface area (Å²) in [5.74, 6) is 1.06. The van der Waals surface area contributed by atoms with Crippen LogP contribution < -0.4 is 10.5 Å². The lowest BCUT2D eigenvalue weighted by Crippen LogP contribution is -1.94. The maximum absolute atomic E-state index is 9.18. The minimum atomic E-state index is 0.450. The Morgan fingerprint density at radius 3 is 2.86 bits per heavy atom. The van der Waals surface area contributed by atoms with Crippen molar-refractivity contribution in [3.05, 3.63) is 46.6 Å². The number of imidazole rings is 1. The Morgan fingerprint density at radius 1 is 1.38 bits per heavy atom. The van der Waals surface area contributed by atoms with Crippen LogP contribution in [0, 0.1) is 11.3 Å². The largest absolute Gasteiger partial charge is 0.495 e. The fraction of sp³-hybridized carbons (Fsp3) is 0.0667. The summed E-state index contributed by atoms with van der Waals surface area (Å²) in [5.41, 5.74) is 8.77. The summed E-state index contributed by atoms with van der Waals surface area (Å²) in [5, 5.41) is 9.18. The van der Waals surface area contributed by atoms with Gasteiger partial charge in [-0.2, -0.15) is 5.26 Å². The minimum absolute atomic E-state index is 0.450. The molecule has 2 N–H and O–H groups in total. The fourth-order valence-electron chi connectivity index (χ4n) is 2.21. The van der Waals surface area contributed by atoms with Gasteiger partial charge in [-0.15, -0.1) is 0 Å². The predicted octanol–water partition coefficient (Wildman–Crippen LogP) is 3.23. The maximum Gasteiger partial charge on any atom is 0.153 e. The van der Waals surface area contributed by atoms with Crippen molar-refractivity contribution in [1.29, 1.82) is 5.26 Å². The molecule has 5 nitrogen and oxygen atoms in total. The molecule has 0 bridgehead atoms. The standard InChI is InChI=1S/C15H11BrN4O/c1-21-12-5-4-9(7-10(12)8-17)13-14(18)20-6-2-3-11(16)15(20)19-13/h2-7H,18H2,1H3. The van der Waals surface area contributed by atoms with Gasteiger partial charge in [0.05, 0.1) is 17.1 Å². The summed E-state index contributed by atoms with van der Waals surface area (Å²) in [6.07, 6.45) is 1.85. The molecule has 0 aliphatic carbocycles. The van der Waals surface area contributed by atoms with Crippen LogP contribution in [0.15, 0.2) is 41.0 Å². The molecule has 2 heterocycles. The number of hydrogen-bond acceptors (Lipinski definition) is 4. The van der Waals surface area contributed by atoms with E-state index in [1.54, 1.807) is 16.5 Å². The van der Waals surface area contributed by atoms with Gasteiger partial charge in [0, 0.05) is 11.8 Å². The number of aromatic nitrogens is 2. The molecule has 0 fully saturated rings. The molecule has 1 aromatic carbocycles. The van der Waals surface area contributed by atoms with E-state index in [1.165, 1.54) is 7.11 Å². The molecular formula is C15H11BrN4O. The van der Waals surface area contributed by atoms with Crippen LogP contribution in [0.5, 0.6) is 5.75 Å². The van der Waals surface area contributed by atoms with E-state index in [1.807, 2.05) is 24.4 Å². The van der Waals surface area contributed by atoms with Crippen LogP contribution >= 0.6 is 15.9 Å². The molecule has 6 heteroatoms. The van der Waals surface area contributed by atoms with Gasteiger partial charge in [-0.25, -0.2) is 4.98 Å². The first-order chi connectivity index (χ1) is 10.2. The Hall–Kier alpha value is -2.52. The number of halogens is 1. The summed E-state index contributed by atoms with van der Waals surface area (Å²) in [7, 11) is 1.53. The van der Waals surface area contributed by atoms with E-state index in [2.05, 4.69) is 27.0 Å². The highest BCUT2D eigenvalue weighted by Gasteiger charge is 2.14. The van der Waals surface area contributed by atoms with Crippen molar-refractivity contribution in [2.75, 3.05) is 12.8 Å². The Balaban J connectivity index is 2.24. The molecule has 0 aliphatic rings. The molecule has 2 aromatic heterocycles. The smallest absolute Gasteiger partial charge is 0.153 e. The quantitative estimate of drug-likeness (QED) is 0.775. The summed E-state index contributed by atoms with van der Waals surface area (Å²) in [6, 6.07) is 11.2. The van der Waals surface area contributed by atoms with E-state index < -0.39 is 0 Å². The number of benzene rings is 1. The molecule has 0 unspecified atom stereocenters. The Labute approximate surface area is 129 Å². The molecule has 0 spiro atoms. The van der Waals surface area contributed by atoms with Crippen LogP contribution in [-0.2, 0) is 0 Å². The molecule has 3 aromatic rings. The number of ether oxygens (including phenoxy) is 1. The second-order valence-corrected chi connectivity index (χ2v) is 5.28. The average molecular weight is 343 g/mol. The van der Waals surface area contributed by atoms with E-state index in [-0.39, 0.29) is 0 Å². The summed E-state index contributed by atoms with van der Waals surface area (Å²) < 4.78 is 7.81. The third-order valence-corrected chi connectivity index (χ3v) is 3.85. The van der Waals surface area contributed by atoms with Crippen molar-refractivity contribution >= 4 is 27.4 Å². The predicted molar refractivity (Wildman–Crippen MR) is 84.0 cm³/mol. The molecule has 0 atom stereocenters. The minimum Gasteiger partial charge on any atom is -0.495 e. The van der Waals surface area contributed by atoms with Crippen LogP contribution in [0.4, 0.5) is 5.82 Å². The van der Waals surface area contributed by atoms with Gasteiger partial charge >= 0.3 is 0 Å². The Bertz CT molecular complexity index is 879. The number of pyridine rings is 1. The lowest BCUT2D eigenvalue weighted by atomic mass is 10.1. The average Bonchev–Trinajstić information content (AvgIpc) is 2.85. The first-order valence-electron chi connectivity index (χ1n) is 6.16. The monoisotopic (exact) mass is 342 g/mol. The molecule has 0 aliphatic heterocycles. The van der Waals surface area contributed by atoms with Gasteiger partial charge in [0.1, 0.15) is 23.3 Å². The van der Waals surface area contributed by atoms with Gasteiger partial charge in [-0.1, -0.05) is 0 Å². The van der Waals surface area contributed by atoms with E-state index in [0.717, 1.165) is 15.7 Å². The number of nitrogens with two attached hydrogens (primary N) is 1. The van der Waals surface area contributed by atoms with Crippen LogP contribution in [0.3, 0.4) is 0 Å². The Morgan fingerprint density at radius 2 is 2.19 bits per heavy atom. The van der Waals surface area contributed by atoms with Crippen molar-refractivity contribution in [2.24, 2.45) is 0 Å². The van der Waals surface area contributed by atoms with Gasteiger partial charge in [0.15, 0.2) is 5.65 Å².